The Bertz CT molecular complexity index is 365. The minimum atomic E-state index is 0.0769. The molecule has 1 heterocycles. The Kier molecular flexibility index (Phi) is 5.46. The summed E-state index contributed by atoms with van der Waals surface area (Å²) in [7, 11) is 0. The molecule has 0 aliphatic heterocycles. The first-order valence-electron chi connectivity index (χ1n) is 6.11. The van der Waals surface area contributed by atoms with Crippen molar-refractivity contribution in [2.45, 2.75) is 33.2 Å². The third kappa shape index (κ3) is 3.73. The van der Waals surface area contributed by atoms with Gasteiger partial charge < -0.3 is 9.47 Å². The Hall–Kier alpha value is -1.58. The van der Waals surface area contributed by atoms with Gasteiger partial charge in [-0.25, -0.2) is 0 Å². The molecule has 4 nitrogen and oxygen atoms in total. The van der Waals surface area contributed by atoms with Crippen molar-refractivity contribution in [3.8, 4) is 0 Å². The summed E-state index contributed by atoms with van der Waals surface area (Å²) in [4.78, 5) is 24.6. The van der Waals surface area contributed by atoms with Crippen LogP contribution in [0.4, 0.5) is 0 Å². The number of carbonyl (C=O) groups excluding carboxylic acids is 2. The third-order valence-corrected chi connectivity index (χ3v) is 2.63. The van der Waals surface area contributed by atoms with E-state index in [-0.39, 0.29) is 12.5 Å². The van der Waals surface area contributed by atoms with E-state index in [1.54, 1.807) is 22.9 Å². The monoisotopic (exact) mass is 236 g/mol. The lowest BCUT2D eigenvalue weighted by atomic mass is 10.3. The summed E-state index contributed by atoms with van der Waals surface area (Å²) in [6.07, 6.45) is 4.45. The summed E-state index contributed by atoms with van der Waals surface area (Å²) < 4.78 is 1.69. The summed E-state index contributed by atoms with van der Waals surface area (Å²) in [6, 6.07) is 3.49. The lowest BCUT2D eigenvalue weighted by molar-refractivity contribution is -0.131. The van der Waals surface area contributed by atoms with Gasteiger partial charge in [-0.15, -0.1) is 0 Å². The molecule has 4 heteroatoms. The van der Waals surface area contributed by atoms with Gasteiger partial charge >= 0.3 is 0 Å². The Morgan fingerprint density at radius 2 is 2.00 bits per heavy atom. The molecule has 0 spiro atoms. The zero-order valence-electron chi connectivity index (χ0n) is 10.6. The molecule has 1 aromatic rings. The molecule has 17 heavy (non-hydrogen) atoms. The topological polar surface area (TPSA) is 42.3 Å². The van der Waals surface area contributed by atoms with Crippen molar-refractivity contribution in [3.05, 3.63) is 24.0 Å². The van der Waals surface area contributed by atoms with Crippen LogP contribution in [-0.2, 0) is 11.3 Å². The lowest BCUT2D eigenvalue weighted by Gasteiger charge is -2.22. The smallest absolute Gasteiger partial charge is 0.242 e. The molecule has 0 fully saturated rings. The van der Waals surface area contributed by atoms with Crippen molar-refractivity contribution in [2.24, 2.45) is 0 Å². The van der Waals surface area contributed by atoms with Gasteiger partial charge in [0.2, 0.25) is 5.91 Å². The van der Waals surface area contributed by atoms with Gasteiger partial charge in [-0.2, -0.15) is 0 Å². The van der Waals surface area contributed by atoms with Crippen LogP contribution in [0.1, 0.15) is 37.2 Å². The third-order valence-electron chi connectivity index (χ3n) is 2.63. The van der Waals surface area contributed by atoms with E-state index in [0.29, 0.717) is 5.69 Å². The predicted molar refractivity (Wildman–Crippen MR) is 67.0 cm³/mol. The molecular formula is C13H20N2O2. The molecule has 94 valence electrons. The summed E-state index contributed by atoms with van der Waals surface area (Å²) in [5, 5.41) is 0. The molecule has 0 saturated heterocycles. The van der Waals surface area contributed by atoms with Crippen LogP contribution in [0.5, 0.6) is 0 Å². The Balaban J connectivity index is 2.65. The van der Waals surface area contributed by atoms with Gasteiger partial charge in [0.15, 0.2) is 6.29 Å². The maximum atomic E-state index is 12.0. The average Bonchev–Trinajstić information content (AvgIpc) is 2.76. The van der Waals surface area contributed by atoms with Gasteiger partial charge in [0.05, 0.1) is 5.69 Å². The Morgan fingerprint density at radius 1 is 1.35 bits per heavy atom. The molecular weight excluding hydrogens is 216 g/mol. The summed E-state index contributed by atoms with van der Waals surface area (Å²) in [5.41, 5.74) is 0.547. The van der Waals surface area contributed by atoms with Crippen molar-refractivity contribution < 1.29 is 9.59 Å². The van der Waals surface area contributed by atoms with Gasteiger partial charge in [-0.3, -0.25) is 9.59 Å². The molecule has 0 bridgehead atoms. The van der Waals surface area contributed by atoms with Gasteiger partial charge in [0.1, 0.15) is 6.54 Å². The predicted octanol–water partition coefficient (Wildman–Crippen LogP) is 1.95. The highest BCUT2D eigenvalue weighted by molar-refractivity contribution is 5.78. The van der Waals surface area contributed by atoms with E-state index < -0.39 is 0 Å². The van der Waals surface area contributed by atoms with Gasteiger partial charge in [-0.1, -0.05) is 13.8 Å². The van der Waals surface area contributed by atoms with Crippen LogP contribution in [0, 0.1) is 0 Å². The van der Waals surface area contributed by atoms with Crippen LogP contribution in [0.3, 0.4) is 0 Å². The molecule has 0 saturated carbocycles. The number of nitrogens with zero attached hydrogens (tertiary/aromatic N) is 2. The zero-order valence-corrected chi connectivity index (χ0v) is 10.6. The van der Waals surface area contributed by atoms with Gasteiger partial charge in [0.25, 0.3) is 0 Å². The molecule has 0 aliphatic carbocycles. The molecule has 0 aliphatic rings. The van der Waals surface area contributed by atoms with E-state index in [1.165, 1.54) is 0 Å². The van der Waals surface area contributed by atoms with Gasteiger partial charge in [-0.05, 0) is 25.0 Å². The van der Waals surface area contributed by atoms with Crippen LogP contribution >= 0.6 is 0 Å². The number of rotatable bonds is 7. The fourth-order valence-corrected chi connectivity index (χ4v) is 1.83. The zero-order chi connectivity index (χ0) is 12.7. The van der Waals surface area contributed by atoms with Crippen molar-refractivity contribution in [2.75, 3.05) is 13.1 Å². The number of aromatic nitrogens is 1. The van der Waals surface area contributed by atoms with E-state index >= 15 is 0 Å². The van der Waals surface area contributed by atoms with E-state index in [4.69, 9.17) is 0 Å². The van der Waals surface area contributed by atoms with Crippen LogP contribution in [0.25, 0.3) is 0 Å². The Labute approximate surface area is 102 Å². The quantitative estimate of drug-likeness (QED) is 0.679. The fourth-order valence-electron chi connectivity index (χ4n) is 1.83. The lowest BCUT2D eigenvalue weighted by Crippen LogP contribution is -2.35. The fraction of sp³-hybridized carbons (Fsp3) is 0.538. The maximum Gasteiger partial charge on any atom is 0.242 e. The first kappa shape index (κ1) is 13.5. The first-order valence-corrected chi connectivity index (χ1v) is 6.11. The van der Waals surface area contributed by atoms with Crippen LogP contribution < -0.4 is 0 Å². The van der Waals surface area contributed by atoms with Crippen molar-refractivity contribution >= 4 is 12.2 Å². The Morgan fingerprint density at radius 3 is 2.53 bits per heavy atom. The van der Waals surface area contributed by atoms with Crippen LogP contribution in [-0.4, -0.2) is 34.7 Å². The minimum Gasteiger partial charge on any atom is -0.341 e. The standard InChI is InChI=1S/C13H20N2O2/c1-3-7-14(8-4-2)13(17)10-15-9-5-6-12(15)11-16/h5-6,9,11H,3-4,7-8,10H2,1-2H3. The molecule has 0 N–H and O–H groups in total. The summed E-state index contributed by atoms with van der Waals surface area (Å²) in [5.74, 6) is 0.0769. The first-order chi connectivity index (χ1) is 8.22. The molecule has 1 rings (SSSR count). The van der Waals surface area contributed by atoms with Crippen molar-refractivity contribution in [3.63, 3.8) is 0 Å². The van der Waals surface area contributed by atoms with E-state index in [9.17, 15) is 9.59 Å². The average molecular weight is 236 g/mol. The number of carbonyl (C=O) groups is 2. The number of hydrogen-bond donors (Lipinski definition) is 0. The molecule has 0 radical (unpaired) electrons. The van der Waals surface area contributed by atoms with Crippen LogP contribution in [0.15, 0.2) is 18.3 Å². The maximum absolute atomic E-state index is 12.0. The highest BCUT2D eigenvalue weighted by Crippen LogP contribution is 2.02. The van der Waals surface area contributed by atoms with Crippen molar-refractivity contribution in [1.29, 1.82) is 0 Å². The second-order valence-electron chi connectivity index (χ2n) is 4.06. The summed E-state index contributed by atoms with van der Waals surface area (Å²) >= 11 is 0. The van der Waals surface area contributed by atoms with E-state index in [2.05, 4.69) is 13.8 Å². The molecule has 1 amide bonds. The number of aldehydes is 1. The van der Waals surface area contributed by atoms with E-state index in [0.717, 1.165) is 32.2 Å². The highest BCUT2D eigenvalue weighted by atomic mass is 16.2. The minimum absolute atomic E-state index is 0.0769. The number of amides is 1. The van der Waals surface area contributed by atoms with Crippen molar-refractivity contribution in [1.82, 2.24) is 9.47 Å². The molecule has 0 aromatic carbocycles. The summed E-state index contributed by atoms with van der Waals surface area (Å²) in [6.45, 7) is 5.93. The highest BCUT2D eigenvalue weighted by Gasteiger charge is 2.13. The second kappa shape index (κ2) is 6.89. The van der Waals surface area contributed by atoms with E-state index in [1.807, 2.05) is 4.90 Å². The van der Waals surface area contributed by atoms with Crippen LogP contribution in [0.2, 0.25) is 0 Å². The molecule has 1 aromatic heterocycles. The second-order valence-corrected chi connectivity index (χ2v) is 4.06. The SMILES string of the molecule is CCCN(CCC)C(=O)Cn1cccc1C=O. The normalized spacial score (nSPS) is 10.2. The largest absolute Gasteiger partial charge is 0.341 e. The molecule has 0 atom stereocenters. The number of hydrogen-bond acceptors (Lipinski definition) is 2. The molecule has 0 unspecified atom stereocenters. The van der Waals surface area contributed by atoms with Gasteiger partial charge in [0, 0.05) is 19.3 Å².